The average molecular weight is 165 g/mol. The van der Waals surface area contributed by atoms with Crippen molar-refractivity contribution >= 4 is 5.57 Å². The van der Waals surface area contributed by atoms with Crippen molar-refractivity contribution in [1.29, 1.82) is 0 Å². The fourth-order valence-electron chi connectivity index (χ4n) is 1.50. The van der Waals surface area contributed by atoms with E-state index in [4.69, 9.17) is 0 Å². The molecule has 0 amide bonds. The van der Waals surface area contributed by atoms with Gasteiger partial charge in [0.15, 0.2) is 0 Å². The van der Waals surface area contributed by atoms with E-state index >= 15 is 0 Å². The number of aryl methyl sites for hydroxylation is 1. The van der Waals surface area contributed by atoms with Gasteiger partial charge in [-0.1, -0.05) is 11.3 Å². The molecule has 1 aliphatic rings. The molecule has 12 heavy (non-hydrogen) atoms. The van der Waals surface area contributed by atoms with E-state index in [9.17, 15) is 5.11 Å². The molecule has 4 nitrogen and oxygen atoms in total. The van der Waals surface area contributed by atoms with Gasteiger partial charge >= 0.3 is 0 Å². The summed E-state index contributed by atoms with van der Waals surface area (Å²) in [5.74, 6) is 0. The molecular weight excluding hydrogens is 154 g/mol. The molecule has 0 bridgehead atoms. The summed E-state index contributed by atoms with van der Waals surface area (Å²) >= 11 is 0. The molecule has 0 saturated heterocycles. The molecule has 2 rings (SSSR count). The molecule has 1 aromatic heterocycles. The van der Waals surface area contributed by atoms with Gasteiger partial charge in [0, 0.05) is 7.05 Å². The van der Waals surface area contributed by atoms with Crippen molar-refractivity contribution in [2.45, 2.75) is 18.9 Å². The van der Waals surface area contributed by atoms with Gasteiger partial charge in [0.05, 0.1) is 18.0 Å². The second kappa shape index (κ2) is 2.71. The van der Waals surface area contributed by atoms with E-state index in [1.165, 1.54) is 0 Å². The third kappa shape index (κ3) is 1.14. The number of hydrogen-bond acceptors (Lipinski definition) is 3. The van der Waals surface area contributed by atoms with Gasteiger partial charge in [-0.15, -0.1) is 5.10 Å². The molecule has 1 aromatic rings. The van der Waals surface area contributed by atoms with Crippen molar-refractivity contribution < 1.29 is 5.11 Å². The Hall–Kier alpha value is -1.16. The molecule has 0 aromatic carbocycles. The molecule has 0 radical (unpaired) electrons. The first-order valence-corrected chi connectivity index (χ1v) is 4.01. The van der Waals surface area contributed by atoms with Crippen LogP contribution in [0, 0.1) is 0 Å². The van der Waals surface area contributed by atoms with E-state index in [0.29, 0.717) is 0 Å². The Morgan fingerprint density at radius 2 is 2.50 bits per heavy atom. The Morgan fingerprint density at radius 3 is 3.00 bits per heavy atom. The first-order valence-electron chi connectivity index (χ1n) is 4.01. The van der Waals surface area contributed by atoms with Gasteiger partial charge in [-0.2, -0.15) is 0 Å². The van der Waals surface area contributed by atoms with Gasteiger partial charge in [0.1, 0.15) is 0 Å². The number of hydrogen-bond donors (Lipinski definition) is 1. The number of aromatic nitrogens is 3. The van der Waals surface area contributed by atoms with E-state index in [0.717, 1.165) is 24.1 Å². The van der Waals surface area contributed by atoms with Crippen molar-refractivity contribution in [3.63, 3.8) is 0 Å². The van der Waals surface area contributed by atoms with Gasteiger partial charge in [-0.3, -0.25) is 0 Å². The molecule has 1 N–H and O–H groups in total. The summed E-state index contributed by atoms with van der Waals surface area (Å²) in [4.78, 5) is 0. The maximum atomic E-state index is 9.26. The molecule has 64 valence electrons. The Bertz CT molecular complexity index is 316. The minimum absolute atomic E-state index is 0.283. The van der Waals surface area contributed by atoms with Crippen LogP contribution in [-0.4, -0.2) is 26.2 Å². The molecule has 0 saturated carbocycles. The van der Waals surface area contributed by atoms with Crippen LogP contribution in [0.4, 0.5) is 0 Å². The van der Waals surface area contributed by atoms with Gasteiger partial charge < -0.3 is 5.11 Å². The molecule has 0 fully saturated rings. The van der Waals surface area contributed by atoms with Gasteiger partial charge in [-0.25, -0.2) is 4.68 Å². The lowest BCUT2D eigenvalue weighted by atomic mass is 10.2. The quantitative estimate of drug-likeness (QED) is 0.653. The Labute approximate surface area is 70.5 Å². The van der Waals surface area contributed by atoms with Crippen LogP contribution >= 0.6 is 0 Å². The van der Waals surface area contributed by atoms with Gasteiger partial charge in [0.2, 0.25) is 0 Å². The zero-order chi connectivity index (χ0) is 8.55. The molecular formula is C8H11N3O. The number of rotatable bonds is 1. The second-order valence-corrected chi connectivity index (χ2v) is 3.04. The summed E-state index contributed by atoms with van der Waals surface area (Å²) in [6.45, 7) is 0. The number of aliphatic hydroxyl groups is 1. The van der Waals surface area contributed by atoms with Gasteiger partial charge in [-0.05, 0) is 18.4 Å². The van der Waals surface area contributed by atoms with Crippen molar-refractivity contribution in [2.24, 2.45) is 7.05 Å². The first kappa shape index (κ1) is 7.49. The van der Waals surface area contributed by atoms with Crippen LogP contribution in [0.15, 0.2) is 12.3 Å². The average Bonchev–Trinajstić information content (AvgIpc) is 2.58. The minimum Gasteiger partial charge on any atom is -0.389 e. The van der Waals surface area contributed by atoms with E-state index in [1.54, 1.807) is 10.9 Å². The summed E-state index contributed by atoms with van der Waals surface area (Å²) in [5.41, 5.74) is 2.15. The lowest BCUT2D eigenvalue weighted by Gasteiger charge is -1.98. The second-order valence-electron chi connectivity index (χ2n) is 3.04. The zero-order valence-electron chi connectivity index (χ0n) is 6.94. The highest BCUT2D eigenvalue weighted by molar-refractivity contribution is 5.64. The van der Waals surface area contributed by atoms with Crippen molar-refractivity contribution in [2.75, 3.05) is 0 Å². The number of allylic oxidation sites excluding steroid dienone is 1. The van der Waals surface area contributed by atoms with Gasteiger partial charge in [0.25, 0.3) is 0 Å². The summed E-state index contributed by atoms with van der Waals surface area (Å²) < 4.78 is 1.73. The monoisotopic (exact) mass is 165 g/mol. The van der Waals surface area contributed by atoms with Crippen LogP contribution in [0.1, 0.15) is 18.5 Å². The predicted molar refractivity (Wildman–Crippen MR) is 44.2 cm³/mol. The van der Waals surface area contributed by atoms with Crippen LogP contribution < -0.4 is 0 Å². The molecule has 1 atom stereocenters. The standard InChI is InChI=1S/C8H11N3O/c1-11-8(5-9-10-11)6-2-3-7(12)4-6/h4-5,7,12H,2-3H2,1H3. The Balaban J connectivity index is 2.32. The number of nitrogens with zero attached hydrogens (tertiary/aromatic N) is 3. The van der Waals surface area contributed by atoms with Crippen LogP contribution in [0.2, 0.25) is 0 Å². The highest BCUT2D eigenvalue weighted by atomic mass is 16.3. The van der Waals surface area contributed by atoms with Crippen molar-refractivity contribution in [3.05, 3.63) is 18.0 Å². The predicted octanol–water partition coefficient (Wildman–Crippen LogP) is 0.353. The molecule has 1 heterocycles. The smallest absolute Gasteiger partial charge is 0.0839 e. The summed E-state index contributed by atoms with van der Waals surface area (Å²) in [5, 5.41) is 16.9. The van der Waals surface area contributed by atoms with Crippen LogP contribution in [-0.2, 0) is 7.05 Å². The minimum atomic E-state index is -0.283. The fourth-order valence-corrected chi connectivity index (χ4v) is 1.50. The van der Waals surface area contributed by atoms with Crippen molar-refractivity contribution in [3.8, 4) is 0 Å². The van der Waals surface area contributed by atoms with E-state index in [1.807, 2.05) is 13.1 Å². The lowest BCUT2D eigenvalue weighted by molar-refractivity contribution is 0.223. The van der Waals surface area contributed by atoms with Crippen LogP contribution in [0.3, 0.4) is 0 Å². The summed E-state index contributed by atoms with van der Waals surface area (Å²) in [7, 11) is 1.86. The van der Waals surface area contributed by atoms with Crippen LogP contribution in [0.5, 0.6) is 0 Å². The largest absolute Gasteiger partial charge is 0.389 e. The maximum absolute atomic E-state index is 9.26. The topological polar surface area (TPSA) is 50.9 Å². The maximum Gasteiger partial charge on any atom is 0.0839 e. The van der Waals surface area contributed by atoms with Crippen molar-refractivity contribution in [1.82, 2.24) is 15.0 Å². The Morgan fingerprint density at radius 1 is 1.67 bits per heavy atom. The fraction of sp³-hybridized carbons (Fsp3) is 0.500. The number of aliphatic hydroxyl groups excluding tert-OH is 1. The highest BCUT2D eigenvalue weighted by Crippen LogP contribution is 2.26. The van der Waals surface area contributed by atoms with E-state index in [2.05, 4.69) is 10.3 Å². The van der Waals surface area contributed by atoms with E-state index in [-0.39, 0.29) is 6.10 Å². The third-order valence-electron chi connectivity index (χ3n) is 2.15. The first-order chi connectivity index (χ1) is 5.77. The third-order valence-corrected chi connectivity index (χ3v) is 2.15. The molecule has 1 aliphatic carbocycles. The zero-order valence-corrected chi connectivity index (χ0v) is 6.94. The van der Waals surface area contributed by atoms with Crippen LogP contribution in [0.25, 0.3) is 5.57 Å². The lowest BCUT2D eigenvalue weighted by Crippen LogP contribution is -1.96. The highest BCUT2D eigenvalue weighted by Gasteiger charge is 2.16. The molecule has 0 spiro atoms. The molecule has 4 heteroatoms. The Kier molecular flexibility index (Phi) is 1.69. The SMILES string of the molecule is Cn1nncc1C1=CC(O)CC1. The summed E-state index contributed by atoms with van der Waals surface area (Å²) in [6.07, 6.45) is 5.06. The summed E-state index contributed by atoms with van der Waals surface area (Å²) in [6, 6.07) is 0. The molecule has 1 unspecified atom stereocenters. The van der Waals surface area contributed by atoms with E-state index < -0.39 is 0 Å². The molecule has 0 aliphatic heterocycles. The normalized spacial score (nSPS) is 22.8.